The summed E-state index contributed by atoms with van der Waals surface area (Å²) in [6.45, 7) is 8.24. The molecule has 18 heavy (non-hydrogen) atoms. The first kappa shape index (κ1) is 15.2. The van der Waals surface area contributed by atoms with Gasteiger partial charge in [0, 0.05) is 33.4 Å². The summed E-state index contributed by atoms with van der Waals surface area (Å²) in [6.07, 6.45) is 4.59. The largest absolute Gasteiger partial charge is 0.385 e. The van der Waals surface area contributed by atoms with Crippen molar-refractivity contribution in [2.75, 3.05) is 33.4 Å². The van der Waals surface area contributed by atoms with Gasteiger partial charge in [0.05, 0.1) is 0 Å². The average molecular weight is 256 g/mol. The molecule has 106 valence electrons. The lowest BCUT2D eigenvalue weighted by Crippen LogP contribution is -2.45. The van der Waals surface area contributed by atoms with Gasteiger partial charge in [0.25, 0.3) is 0 Å². The van der Waals surface area contributed by atoms with Crippen LogP contribution in [0.2, 0.25) is 0 Å². The second kappa shape index (κ2) is 7.59. The molecule has 0 saturated carbocycles. The lowest BCUT2D eigenvalue weighted by Gasteiger charge is -2.25. The maximum absolute atomic E-state index is 5.58. The molecule has 0 unspecified atom stereocenters. The van der Waals surface area contributed by atoms with Crippen LogP contribution in [0.5, 0.6) is 0 Å². The van der Waals surface area contributed by atoms with Gasteiger partial charge in [-0.3, -0.25) is 10.4 Å². The number of guanidine groups is 1. The van der Waals surface area contributed by atoms with Gasteiger partial charge < -0.3 is 9.64 Å². The summed E-state index contributed by atoms with van der Waals surface area (Å²) in [6, 6.07) is 0. The van der Waals surface area contributed by atoms with Crippen molar-refractivity contribution in [1.29, 1.82) is 0 Å². The molecule has 5 heteroatoms. The SMILES string of the molecule is COCCCN=C(NN)N1CCCC(C)(C)CC1. The second-order valence-electron chi connectivity index (χ2n) is 5.70. The summed E-state index contributed by atoms with van der Waals surface area (Å²) >= 11 is 0. The normalized spacial score (nSPS) is 20.7. The zero-order valence-corrected chi connectivity index (χ0v) is 12.0. The topological polar surface area (TPSA) is 62.9 Å². The number of likely N-dealkylation sites (tertiary alicyclic amines) is 1. The van der Waals surface area contributed by atoms with Crippen molar-refractivity contribution in [3.05, 3.63) is 0 Å². The van der Waals surface area contributed by atoms with Crippen molar-refractivity contribution in [2.24, 2.45) is 16.3 Å². The Morgan fingerprint density at radius 3 is 2.83 bits per heavy atom. The number of nitrogens with two attached hydrogens (primary N) is 1. The number of nitrogens with zero attached hydrogens (tertiary/aromatic N) is 2. The van der Waals surface area contributed by atoms with E-state index in [0.29, 0.717) is 5.41 Å². The Morgan fingerprint density at radius 2 is 2.17 bits per heavy atom. The molecule has 0 aromatic carbocycles. The van der Waals surface area contributed by atoms with E-state index in [1.54, 1.807) is 7.11 Å². The number of rotatable bonds is 4. The first-order chi connectivity index (χ1) is 8.59. The molecule has 0 radical (unpaired) electrons. The fraction of sp³-hybridized carbons (Fsp3) is 0.923. The molecule has 0 bridgehead atoms. The van der Waals surface area contributed by atoms with Crippen LogP contribution in [0.4, 0.5) is 0 Å². The van der Waals surface area contributed by atoms with E-state index in [4.69, 9.17) is 10.6 Å². The molecule has 1 fully saturated rings. The maximum Gasteiger partial charge on any atom is 0.208 e. The maximum atomic E-state index is 5.58. The van der Waals surface area contributed by atoms with Gasteiger partial charge in [-0.2, -0.15) is 0 Å². The fourth-order valence-corrected chi connectivity index (χ4v) is 2.27. The highest BCUT2D eigenvalue weighted by atomic mass is 16.5. The smallest absolute Gasteiger partial charge is 0.208 e. The summed E-state index contributed by atoms with van der Waals surface area (Å²) < 4.78 is 5.02. The van der Waals surface area contributed by atoms with Crippen molar-refractivity contribution in [3.63, 3.8) is 0 Å². The first-order valence-corrected chi connectivity index (χ1v) is 6.84. The molecule has 0 atom stereocenters. The summed E-state index contributed by atoms with van der Waals surface area (Å²) in [5.41, 5.74) is 3.17. The summed E-state index contributed by atoms with van der Waals surface area (Å²) in [7, 11) is 1.71. The molecule has 1 rings (SSSR count). The Hall–Kier alpha value is -0.810. The van der Waals surface area contributed by atoms with E-state index < -0.39 is 0 Å². The Balaban J connectivity index is 2.48. The fourth-order valence-electron chi connectivity index (χ4n) is 2.27. The Morgan fingerprint density at radius 1 is 1.39 bits per heavy atom. The lowest BCUT2D eigenvalue weighted by atomic mass is 9.85. The van der Waals surface area contributed by atoms with Gasteiger partial charge in [-0.1, -0.05) is 13.8 Å². The van der Waals surface area contributed by atoms with Crippen LogP contribution in [0.1, 0.15) is 39.5 Å². The highest BCUT2D eigenvalue weighted by Crippen LogP contribution is 2.29. The van der Waals surface area contributed by atoms with Gasteiger partial charge in [-0.15, -0.1) is 0 Å². The van der Waals surface area contributed by atoms with E-state index in [-0.39, 0.29) is 0 Å². The summed E-state index contributed by atoms with van der Waals surface area (Å²) in [5, 5.41) is 0. The van der Waals surface area contributed by atoms with Crippen LogP contribution in [0.3, 0.4) is 0 Å². The Labute approximate surface area is 111 Å². The minimum atomic E-state index is 0.435. The molecule has 1 aliphatic rings. The number of aliphatic imine (C=N–C) groups is 1. The zero-order valence-electron chi connectivity index (χ0n) is 12.0. The van der Waals surface area contributed by atoms with Gasteiger partial charge in [0.2, 0.25) is 5.96 Å². The third-order valence-electron chi connectivity index (χ3n) is 3.54. The second-order valence-corrected chi connectivity index (χ2v) is 5.70. The van der Waals surface area contributed by atoms with Crippen molar-refractivity contribution in [1.82, 2.24) is 10.3 Å². The highest BCUT2D eigenvalue weighted by molar-refractivity contribution is 5.79. The van der Waals surface area contributed by atoms with Crippen LogP contribution in [0.25, 0.3) is 0 Å². The van der Waals surface area contributed by atoms with E-state index >= 15 is 0 Å². The first-order valence-electron chi connectivity index (χ1n) is 6.84. The molecule has 3 N–H and O–H groups in total. The molecule has 0 aromatic rings. The molecule has 0 aromatic heterocycles. The van der Waals surface area contributed by atoms with Crippen LogP contribution in [-0.4, -0.2) is 44.2 Å². The van der Waals surface area contributed by atoms with Crippen LogP contribution in [0.15, 0.2) is 4.99 Å². The van der Waals surface area contributed by atoms with Crippen molar-refractivity contribution >= 4 is 5.96 Å². The molecule has 1 saturated heterocycles. The summed E-state index contributed by atoms with van der Waals surface area (Å²) in [4.78, 5) is 6.78. The van der Waals surface area contributed by atoms with Gasteiger partial charge in [0.1, 0.15) is 0 Å². The van der Waals surface area contributed by atoms with Gasteiger partial charge in [-0.25, -0.2) is 5.84 Å². The molecule has 1 heterocycles. The lowest BCUT2D eigenvalue weighted by molar-refractivity contribution is 0.197. The number of hydrazine groups is 1. The van der Waals surface area contributed by atoms with E-state index in [2.05, 4.69) is 29.2 Å². The standard InChI is InChI=1S/C13H28N4O/c1-13(2)6-4-9-17(10-7-13)12(16-14)15-8-5-11-18-3/h4-11,14H2,1-3H3,(H,15,16). The third kappa shape index (κ3) is 5.23. The highest BCUT2D eigenvalue weighted by Gasteiger charge is 2.24. The van der Waals surface area contributed by atoms with Gasteiger partial charge in [0.15, 0.2) is 0 Å². The van der Waals surface area contributed by atoms with Gasteiger partial charge in [-0.05, 0) is 31.1 Å². The van der Waals surface area contributed by atoms with Crippen molar-refractivity contribution < 1.29 is 4.74 Å². The van der Waals surface area contributed by atoms with E-state index in [1.165, 1.54) is 19.3 Å². The van der Waals surface area contributed by atoms with E-state index in [9.17, 15) is 0 Å². The van der Waals surface area contributed by atoms with Crippen molar-refractivity contribution in [2.45, 2.75) is 39.5 Å². The van der Waals surface area contributed by atoms with E-state index in [1.807, 2.05) is 0 Å². The Kier molecular flexibility index (Phi) is 6.43. The van der Waals surface area contributed by atoms with Crippen molar-refractivity contribution in [3.8, 4) is 0 Å². The molecule has 0 amide bonds. The van der Waals surface area contributed by atoms with Crippen LogP contribution in [0, 0.1) is 5.41 Å². The predicted octanol–water partition coefficient (Wildman–Crippen LogP) is 1.35. The number of hydrogen-bond acceptors (Lipinski definition) is 3. The average Bonchev–Trinajstić information content (AvgIpc) is 2.51. The zero-order chi connectivity index (χ0) is 13.4. The predicted molar refractivity (Wildman–Crippen MR) is 75.3 cm³/mol. The number of nitrogens with one attached hydrogen (secondary N) is 1. The van der Waals surface area contributed by atoms with E-state index in [0.717, 1.165) is 38.6 Å². The van der Waals surface area contributed by atoms with Crippen LogP contribution in [-0.2, 0) is 4.74 Å². The quantitative estimate of drug-likeness (QED) is 0.262. The van der Waals surface area contributed by atoms with Crippen LogP contribution >= 0.6 is 0 Å². The third-order valence-corrected chi connectivity index (χ3v) is 3.54. The number of ether oxygens (including phenoxy) is 1. The summed E-state index contributed by atoms with van der Waals surface area (Å²) in [5.74, 6) is 6.41. The molecular weight excluding hydrogens is 228 g/mol. The minimum absolute atomic E-state index is 0.435. The van der Waals surface area contributed by atoms with Gasteiger partial charge >= 0.3 is 0 Å². The molecule has 5 nitrogen and oxygen atoms in total. The molecule has 1 aliphatic heterocycles. The molecular formula is C13H28N4O. The monoisotopic (exact) mass is 256 g/mol. The van der Waals surface area contributed by atoms with Crippen LogP contribution < -0.4 is 11.3 Å². The number of methoxy groups -OCH3 is 1. The number of hydrogen-bond donors (Lipinski definition) is 2. The molecule has 0 aliphatic carbocycles. The molecule has 0 spiro atoms. The Bertz CT molecular complexity index is 266. The minimum Gasteiger partial charge on any atom is -0.385 e.